The van der Waals surface area contributed by atoms with E-state index in [1.165, 1.54) is 0 Å². The molecule has 0 saturated heterocycles. The Morgan fingerprint density at radius 1 is 1.06 bits per heavy atom. The van der Waals surface area contributed by atoms with Crippen LogP contribution < -0.4 is 10.6 Å². The van der Waals surface area contributed by atoms with Crippen molar-refractivity contribution in [3.8, 4) is 0 Å². The van der Waals surface area contributed by atoms with Crippen LogP contribution in [0, 0.1) is 0 Å². The van der Waals surface area contributed by atoms with Crippen LogP contribution in [0.4, 0.5) is 11.4 Å². The molecule has 2 N–H and O–H groups in total. The van der Waals surface area contributed by atoms with Gasteiger partial charge in [0.2, 0.25) is 0 Å². The molecule has 0 atom stereocenters. The van der Waals surface area contributed by atoms with Crippen LogP contribution >= 0.6 is 23.2 Å². The number of anilines is 2. The quantitative estimate of drug-likeness (QED) is 0.785. The number of nitrogen functional groups attached to an aromatic ring is 1. The topological polar surface area (TPSA) is 29.3 Å². The van der Waals surface area contributed by atoms with Gasteiger partial charge in [-0.1, -0.05) is 29.3 Å². The minimum absolute atomic E-state index is 0.514. The molecule has 0 fully saturated rings. The molecule has 0 bridgehead atoms. The molecule has 0 aliphatic carbocycles. The van der Waals surface area contributed by atoms with Crippen LogP contribution in [0.1, 0.15) is 0 Å². The third-order valence-electron chi connectivity index (χ3n) is 2.56. The number of fused-ring (bicyclic) bond motifs is 1. The molecule has 2 rings (SSSR count). The van der Waals surface area contributed by atoms with E-state index < -0.39 is 0 Å². The standard InChI is InChI=1S/C12H12Cl2N2/c1-16(2)10-6-5-9(15)11-7(10)3-4-8(13)12(11)14/h3-6H,15H2,1-2H3. The molecule has 16 heavy (non-hydrogen) atoms. The molecular weight excluding hydrogens is 243 g/mol. The lowest BCUT2D eigenvalue weighted by molar-refractivity contribution is 1.14. The fourth-order valence-electron chi connectivity index (χ4n) is 1.78. The van der Waals surface area contributed by atoms with E-state index in [1.807, 2.05) is 37.2 Å². The number of benzene rings is 2. The van der Waals surface area contributed by atoms with Gasteiger partial charge in [-0.15, -0.1) is 0 Å². The van der Waals surface area contributed by atoms with E-state index >= 15 is 0 Å². The summed E-state index contributed by atoms with van der Waals surface area (Å²) in [4.78, 5) is 2.02. The monoisotopic (exact) mass is 254 g/mol. The zero-order valence-electron chi connectivity index (χ0n) is 9.09. The molecule has 0 unspecified atom stereocenters. The molecule has 84 valence electrons. The molecule has 2 nitrogen and oxygen atoms in total. The molecule has 0 radical (unpaired) electrons. The van der Waals surface area contributed by atoms with Crippen LogP contribution in [0.5, 0.6) is 0 Å². The molecule has 0 aromatic heterocycles. The number of halogens is 2. The summed E-state index contributed by atoms with van der Waals surface area (Å²) >= 11 is 12.2. The summed E-state index contributed by atoms with van der Waals surface area (Å²) in [6.07, 6.45) is 0. The summed E-state index contributed by atoms with van der Waals surface area (Å²) < 4.78 is 0. The van der Waals surface area contributed by atoms with Gasteiger partial charge in [0.25, 0.3) is 0 Å². The third kappa shape index (κ3) is 1.68. The van der Waals surface area contributed by atoms with E-state index in [9.17, 15) is 0 Å². The van der Waals surface area contributed by atoms with Crippen LogP contribution in [0.15, 0.2) is 24.3 Å². The van der Waals surface area contributed by atoms with Gasteiger partial charge in [-0.3, -0.25) is 0 Å². The van der Waals surface area contributed by atoms with Gasteiger partial charge in [-0.05, 0) is 18.2 Å². The van der Waals surface area contributed by atoms with E-state index in [0.717, 1.165) is 16.5 Å². The molecule has 0 spiro atoms. The Morgan fingerprint density at radius 3 is 2.38 bits per heavy atom. The van der Waals surface area contributed by atoms with Crippen molar-refractivity contribution in [3.05, 3.63) is 34.3 Å². The lowest BCUT2D eigenvalue weighted by atomic mass is 10.1. The van der Waals surface area contributed by atoms with Gasteiger partial charge < -0.3 is 10.6 Å². The van der Waals surface area contributed by atoms with Crippen molar-refractivity contribution in [1.29, 1.82) is 0 Å². The molecule has 0 amide bonds. The SMILES string of the molecule is CN(C)c1ccc(N)c2c(Cl)c(Cl)ccc12. The predicted molar refractivity (Wildman–Crippen MR) is 72.7 cm³/mol. The van der Waals surface area contributed by atoms with E-state index in [0.29, 0.717) is 15.7 Å². The first kappa shape index (κ1) is 11.4. The Bertz CT molecular complexity index is 550. The second-order valence-electron chi connectivity index (χ2n) is 3.85. The van der Waals surface area contributed by atoms with Crippen molar-refractivity contribution >= 4 is 45.3 Å². The highest BCUT2D eigenvalue weighted by molar-refractivity contribution is 6.46. The van der Waals surface area contributed by atoms with Gasteiger partial charge >= 0.3 is 0 Å². The normalized spacial score (nSPS) is 10.8. The van der Waals surface area contributed by atoms with Gasteiger partial charge in [-0.2, -0.15) is 0 Å². The van der Waals surface area contributed by atoms with Crippen molar-refractivity contribution in [1.82, 2.24) is 0 Å². The van der Waals surface area contributed by atoms with Crippen LogP contribution in [-0.2, 0) is 0 Å². The second-order valence-corrected chi connectivity index (χ2v) is 4.64. The lowest BCUT2D eigenvalue weighted by Crippen LogP contribution is -2.09. The summed E-state index contributed by atoms with van der Waals surface area (Å²) in [5, 5.41) is 2.87. The maximum absolute atomic E-state index is 6.18. The first-order chi connectivity index (χ1) is 7.52. The highest BCUT2D eigenvalue weighted by Gasteiger charge is 2.11. The van der Waals surface area contributed by atoms with E-state index in [-0.39, 0.29) is 0 Å². The van der Waals surface area contributed by atoms with Gasteiger partial charge in [0, 0.05) is 36.2 Å². The summed E-state index contributed by atoms with van der Waals surface area (Å²) in [5.41, 5.74) is 7.65. The van der Waals surface area contributed by atoms with Gasteiger partial charge in [0.05, 0.1) is 10.0 Å². The van der Waals surface area contributed by atoms with E-state index in [4.69, 9.17) is 28.9 Å². The number of nitrogens with two attached hydrogens (primary N) is 1. The maximum Gasteiger partial charge on any atom is 0.0692 e. The summed E-state index contributed by atoms with van der Waals surface area (Å²) in [7, 11) is 3.96. The van der Waals surface area contributed by atoms with Crippen molar-refractivity contribution < 1.29 is 0 Å². The Morgan fingerprint density at radius 2 is 1.75 bits per heavy atom. The van der Waals surface area contributed by atoms with Gasteiger partial charge in [0.15, 0.2) is 0 Å². The van der Waals surface area contributed by atoms with Crippen LogP contribution in [0.3, 0.4) is 0 Å². The molecule has 4 heteroatoms. The van der Waals surface area contributed by atoms with Crippen LogP contribution in [0.25, 0.3) is 10.8 Å². The Hall–Kier alpha value is -1.12. The van der Waals surface area contributed by atoms with Crippen molar-refractivity contribution in [2.75, 3.05) is 24.7 Å². The smallest absolute Gasteiger partial charge is 0.0692 e. The molecule has 2 aromatic carbocycles. The highest BCUT2D eigenvalue weighted by atomic mass is 35.5. The molecule has 0 aliphatic rings. The zero-order valence-corrected chi connectivity index (χ0v) is 10.6. The lowest BCUT2D eigenvalue weighted by Gasteiger charge is -2.17. The van der Waals surface area contributed by atoms with Crippen LogP contribution in [0.2, 0.25) is 10.0 Å². The average molecular weight is 255 g/mol. The van der Waals surface area contributed by atoms with Crippen LogP contribution in [-0.4, -0.2) is 14.1 Å². The average Bonchev–Trinajstić information content (AvgIpc) is 2.23. The molecule has 0 saturated carbocycles. The number of nitrogens with zero attached hydrogens (tertiary/aromatic N) is 1. The first-order valence-electron chi connectivity index (χ1n) is 4.86. The molecule has 0 aliphatic heterocycles. The minimum Gasteiger partial charge on any atom is -0.398 e. The predicted octanol–water partition coefficient (Wildman–Crippen LogP) is 3.79. The second kappa shape index (κ2) is 4.04. The fourth-order valence-corrected chi connectivity index (χ4v) is 2.21. The fraction of sp³-hybridized carbons (Fsp3) is 0.167. The van der Waals surface area contributed by atoms with E-state index in [2.05, 4.69) is 0 Å². The summed E-state index contributed by atoms with van der Waals surface area (Å²) in [6.45, 7) is 0. The summed E-state index contributed by atoms with van der Waals surface area (Å²) in [6, 6.07) is 7.55. The Kier molecular flexibility index (Phi) is 2.87. The highest BCUT2D eigenvalue weighted by Crippen LogP contribution is 2.38. The van der Waals surface area contributed by atoms with Crippen molar-refractivity contribution in [3.63, 3.8) is 0 Å². The zero-order chi connectivity index (χ0) is 11.9. The number of hydrogen-bond acceptors (Lipinski definition) is 2. The Balaban J connectivity index is 2.92. The van der Waals surface area contributed by atoms with Crippen molar-refractivity contribution in [2.24, 2.45) is 0 Å². The molecular formula is C12H12Cl2N2. The number of hydrogen-bond donors (Lipinski definition) is 1. The first-order valence-corrected chi connectivity index (χ1v) is 5.61. The Labute approximate surface area is 105 Å². The summed E-state index contributed by atoms with van der Waals surface area (Å²) in [5.74, 6) is 0. The third-order valence-corrected chi connectivity index (χ3v) is 3.37. The number of rotatable bonds is 1. The van der Waals surface area contributed by atoms with Gasteiger partial charge in [-0.25, -0.2) is 0 Å². The molecule has 0 heterocycles. The maximum atomic E-state index is 6.18. The van der Waals surface area contributed by atoms with Crippen molar-refractivity contribution in [2.45, 2.75) is 0 Å². The largest absolute Gasteiger partial charge is 0.398 e. The molecule has 2 aromatic rings. The minimum atomic E-state index is 0.514. The van der Waals surface area contributed by atoms with Gasteiger partial charge in [0.1, 0.15) is 0 Å². The van der Waals surface area contributed by atoms with E-state index in [1.54, 1.807) is 6.07 Å².